The Labute approximate surface area is 198 Å². The van der Waals surface area contributed by atoms with Crippen molar-refractivity contribution in [2.75, 3.05) is 0 Å². The molecule has 5 rings (SSSR count). The maximum Gasteiger partial charge on any atom is 0.179 e. The molecular weight excluding hydrogens is 470 g/mol. The van der Waals surface area contributed by atoms with E-state index in [1.807, 2.05) is 18.3 Å². The Balaban J connectivity index is 1.89. The van der Waals surface area contributed by atoms with E-state index in [0.717, 1.165) is 15.7 Å². The smallest absolute Gasteiger partial charge is 0.179 e. The Morgan fingerprint density at radius 1 is 0.500 bits per heavy atom. The van der Waals surface area contributed by atoms with Gasteiger partial charge in [-0.15, -0.1) is 0 Å². The van der Waals surface area contributed by atoms with Crippen LogP contribution in [0.3, 0.4) is 0 Å². The van der Waals surface area contributed by atoms with Crippen molar-refractivity contribution in [3.63, 3.8) is 0 Å². The Kier molecular flexibility index (Phi) is 5.85. The largest absolute Gasteiger partial charge is 0.256 e. The van der Waals surface area contributed by atoms with Crippen molar-refractivity contribution in [1.82, 2.24) is 4.98 Å². The van der Waals surface area contributed by atoms with Crippen LogP contribution < -0.4 is 20.7 Å². The second-order valence-electron chi connectivity index (χ2n) is 7.79. The van der Waals surface area contributed by atoms with Gasteiger partial charge in [0.1, 0.15) is 0 Å². The van der Waals surface area contributed by atoms with Crippen molar-refractivity contribution in [3.05, 3.63) is 138 Å². The first-order valence-corrected chi connectivity index (χ1v) is 13.5. The summed E-state index contributed by atoms with van der Waals surface area (Å²) in [5, 5.41) is 5.42. The van der Waals surface area contributed by atoms with Gasteiger partial charge in [0, 0.05) is 16.2 Å². The molecule has 154 valence electrons. The summed E-state index contributed by atoms with van der Waals surface area (Å²) >= 11 is 3.81. The van der Waals surface area contributed by atoms with E-state index in [4.69, 9.17) is 0 Å². The van der Waals surface area contributed by atoms with Crippen LogP contribution in [0.15, 0.2) is 138 Å². The van der Waals surface area contributed by atoms with Gasteiger partial charge in [-0.2, -0.15) is 0 Å². The van der Waals surface area contributed by atoms with E-state index in [1.54, 1.807) is 0 Å². The van der Waals surface area contributed by atoms with Gasteiger partial charge in [-0.1, -0.05) is 119 Å². The third kappa shape index (κ3) is 3.75. The first-order chi connectivity index (χ1) is 15.8. The second-order valence-corrected chi connectivity index (χ2v) is 12.5. The maximum absolute atomic E-state index is 4.63. The molecule has 0 spiro atoms. The van der Waals surface area contributed by atoms with E-state index in [-0.39, 0.29) is 0 Å². The van der Waals surface area contributed by atoms with E-state index in [2.05, 4.69) is 136 Å². The molecule has 0 saturated carbocycles. The standard InChI is InChI=1S/C29H22BrNSi/c30-24-20-23(29-18-10-11-19-31-29)21-28(22-24)32(25-12-4-1-5-13-25,26-14-6-2-7-15-26)27-16-8-3-9-17-27/h1-22H. The summed E-state index contributed by atoms with van der Waals surface area (Å²) < 4.78 is 1.07. The zero-order valence-electron chi connectivity index (χ0n) is 17.5. The number of nitrogens with zero attached hydrogens (tertiary/aromatic N) is 1. The predicted molar refractivity (Wildman–Crippen MR) is 141 cm³/mol. The third-order valence-corrected chi connectivity index (χ3v) is 11.1. The molecule has 3 heteroatoms. The van der Waals surface area contributed by atoms with Crippen LogP contribution in [0, 0.1) is 0 Å². The van der Waals surface area contributed by atoms with Gasteiger partial charge < -0.3 is 0 Å². The molecule has 0 atom stereocenters. The molecule has 0 fully saturated rings. The molecule has 32 heavy (non-hydrogen) atoms. The van der Waals surface area contributed by atoms with Crippen molar-refractivity contribution >= 4 is 44.8 Å². The molecule has 0 saturated heterocycles. The van der Waals surface area contributed by atoms with Crippen molar-refractivity contribution in [1.29, 1.82) is 0 Å². The summed E-state index contributed by atoms with van der Waals surface area (Å²) in [6, 6.07) is 45.8. The molecule has 0 amide bonds. The van der Waals surface area contributed by atoms with Crippen LogP contribution in [0.4, 0.5) is 0 Å². The topological polar surface area (TPSA) is 12.9 Å². The monoisotopic (exact) mass is 491 g/mol. The molecule has 5 aromatic rings. The first-order valence-electron chi connectivity index (χ1n) is 10.7. The maximum atomic E-state index is 4.63. The quantitative estimate of drug-likeness (QED) is 0.252. The number of hydrogen-bond acceptors (Lipinski definition) is 1. The van der Waals surface area contributed by atoms with Crippen LogP contribution in [-0.4, -0.2) is 13.1 Å². The van der Waals surface area contributed by atoms with Gasteiger partial charge in [0.15, 0.2) is 8.07 Å². The number of hydrogen-bond donors (Lipinski definition) is 0. The van der Waals surface area contributed by atoms with Crippen LogP contribution in [-0.2, 0) is 0 Å². The Hall–Kier alpha value is -3.27. The lowest BCUT2D eigenvalue weighted by atomic mass is 10.1. The van der Waals surface area contributed by atoms with E-state index in [1.165, 1.54) is 20.7 Å². The fraction of sp³-hybridized carbons (Fsp3) is 0. The van der Waals surface area contributed by atoms with E-state index >= 15 is 0 Å². The minimum absolute atomic E-state index is 0.979. The molecule has 0 radical (unpaired) electrons. The molecule has 0 bridgehead atoms. The minimum Gasteiger partial charge on any atom is -0.256 e. The highest BCUT2D eigenvalue weighted by Gasteiger charge is 2.41. The molecule has 1 heterocycles. The average Bonchev–Trinajstić information content (AvgIpc) is 2.87. The first kappa shape index (κ1) is 20.6. The highest BCUT2D eigenvalue weighted by atomic mass is 79.9. The highest BCUT2D eigenvalue weighted by molar-refractivity contribution is 9.10. The number of pyridine rings is 1. The predicted octanol–water partition coefficient (Wildman–Crippen LogP) is 4.89. The Bertz CT molecular complexity index is 1210. The molecular formula is C29H22BrNSi. The molecule has 1 aromatic heterocycles. The van der Waals surface area contributed by atoms with Gasteiger partial charge in [0.25, 0.3) is 0 Å². The summed E-state index contributed by atoms with van der Waals surface area (Å²) in [5.41, 5.74) is 2.10. The minimum atomic E-state index is -2.55. The van der Waals surface area contributed by atoms with Gasteiger partial charge in [0.05, 0.1) is 5.69 Å². The molecule has 0 N–H and O–H groups in total. The fourth-order valence-electron chi connectivity index (χ4n) is 4.55. The van der Waals surface area contributed by atoms with Crippen molar-refractivity contribution in [2.24, 2.45) is 0 Å². The Morgan fingerprint density at radius 3 is 1.47 bits per heavy atom. The molecule has 0 unspecified atom stereocenters. The lowest BCUT2D eigenvalue weighted by molar-refractivity contribution is 1.33. The van der Waals surface area contributed by atoms with Gasteiger partial charge >= 0.3 is 0 Å². The second kappa shape index (κ2) is 9.07. The number of aromatic nitrogens is 1. The molecule has 4 aromatic carbocycles. The van der Waals surface area contributed by atoms with Crippen LogP contribution in [0.5, 0.6) is 0 Å². The van der Waals surface area contributed by atoms with Gasteiger partial charge in [0.2, 0.25) is 0 Å². The van der Waals surface area contributed by atoms with Crippen molar-refractivity contribution in [3.8, 4) is 11.3 Å². The normalized spacial score (nSPS) is 11.3. The summed E-state index contributed by atoms with van der Waals surface area (Å²) in [5.74, 6) is 0. The average molecular weight is 492 g/mol. The van der Waals surface area contributed by atoms with Crippen molar-refractivity contribution < 1.29 is 0 Å². The van der Waals surface area contributed by atoms with Gasteiger partial charge in [-0.25, -0.2) is 0 Å². The lowest BCUT2D eigenvalue weighted by Crippen LogP contribution is -2.74. The molecule has 1 nitrogen and oxygen atoms in total. The van der Waals surface area contributed by atoms with Crippen LogP contribution in [0.25, 0.3) is 11.3 Å². The molecule has 0 aliphatic carbocycles. The van der Waals surface area contributed by atoms with Crippen LogP contribution >= 0.6 is 15.9 Å². The molecule has 0 aliphatic rings. The lowest BCUT2D eigenvalue weighted by Gasteiger charge is -2.34. The van der Waals surface area contributed by atoms with E-state index in [0.29, 0.717) is 0 Å². The van der Waals surface area contributed by atoms with Gasteiger partial charge in [-0.05, 0) is 45.0 Å². The van der Waals surface area contributed by atoms with Crippen LogP contribution in [0.2, 0.25) is 0 Å². The van der Waals surface area contributed by atoms with Crippen LogP contribution in [0.1, 0.15) is 0 Å². The van der Waals surface area contributed by atoms with E-state index < -0.39 is 8.07 Å². The Morgan fingerprint density at radius 2 is 1.00 bits per heavy atom. The number of benzene rings is 4. The van der Waals surface area contributed by atoms with Gasteiger partial charge in [-0.3, -0.25) is 4.98 Å². The fourth-order valence-corrected chi connectivity index (χ4v) is 10.1. The van der Waals surface area contributed by atoms with Crippen molar-refractivity contribution in [2.45, 2.75) is 0 Å². The van der Waals surface area contributed by atoms with E-state index in [9.17, 15) is 0 Å². The summed E-state index contributed by atoms with van der Waals surface area (Å²) in [6.07, 6.45) is 1.85. The molecule has 0 aliphatic heterocycles. The zero-order valence-corrected chi connectivity index (χ0v) is 20.1. The highest BCUT2D eigenvalue weighted by Crippen LogP contribution is 2.22. The summed E-state index contributed by atoms with van der Waals surface area (Å²) in [7, 11) is -2.55. The summed E-state index contributed by atoms with van der Waals surface area (Å²) in [4.78, 5) is 4.63. The third-order valence-electron chi connectivity index (χ3n) is 5.91. The summed E-state index contributed by atoms with van der Waals surface area (Å²) in [6.45, 7) is 0. The zero-order chi connectivity index (χ0) is 21.8. The SMILES string of the molecule is Brc1cc(-c2ccccn2)cc([Si](c2ccccc2)(c2ccccc2)c2ccccc2)c1. The number of rotatable bonds is 5. The number of halogens is 1.